The Labute approximate surface area is 246 Å². The third-order valence-electron chi connectivity index (χ3n) is 7.50. The van der Waals surface area contributed by atoms with Gasteiger partial charge in [-0.2, -0.15) is 5.01 Å². The molecule has 1 aliphatic heterocycles. The minimum atomic E-state index is -0.737. The van der Waals surface area contributed by atoms with E-state index < -0.39 is 47.9 Å². The van der Waals surface area contributed by atoms with E-state index in [1.807, 2.05) is 6.92 Å². The number of amides is 3. The second kappa shape index (κ2) is 11.8. The van der Waals surface area contributed by atoms with Crippen molar-refractivity contribution in [3.63, 3.8) is 0 Å². The molecule has 0 aromatic heterocycles. The summed E-state index contributed by atoms with van der Waals surface area (Å²) in [5.41, 5.74) is 0.639. The van der Waals surface area contributed by atoms with Gasteiger partial charge < -0.3 is 4.74 Å². The van der Waals surface area contributed by atoms with Crippen molar-refractivity contribution < 1.29 is 28.7 Å². The Balaban J connectivity index is 1.39. The maximum absolute atomic E-state index is 13.7. The average Bonchev–Trinajstić information content (AvgIpc) is 3.22. The third kappa shape index (κ3) is 5.89. The smallest absolute Gasteiger partial charge is 0.343 e. The number of fused-ring (bicyclic) bond motifs is 1. The normalized spacial score (nSPS) is 20.0. The molecule has 2 aliphatic rings. The number of esters is 1. The van der Waals surface area contributed by atoms with Crippen LogP contribution in [0.2, 0.25) is 10.0 Å². The van der Waals surface area contributed by atoms with E-state index in [1.54, 1.807) is 30.3 Å². The van der Waals surface area contributed by atoms with Gasteiger partial charge in [-0.15, -0.1) is 0 Å². The predicted molar refractivity (Wildman–Crippen MR) is 152 cm³/mol. The fourth-order valence-electron chi connectivity index (χ4n) is 5.30. The van der Waals surface area contributed by atoms with Gasteiger partial charge in [0, 0.05) is 11.1 Å². The van der Waals surface area contributed by atoms with Crippen LogP contribution in [0, 0.1) is 17.8 Å². The van der Waals surface area contributed by atoms with Gasteiger partial charge in [-0.1, -0.05) is 48.3 Å². The van der Waals surface area contributed by atoms with E-state index >= 15 is 0 Å². The Kier molecular flexibility index (Phi) is 8.24. The molecule has 1 aliphatic carbocycles. The second-order valence-electron chi connectivity index (χ2n) is 10.3. The molecule has 8 nitrogen and oxygen atoms in total. The van der Waals surface area contributed by atoms with Gasteiger partial charge in [0.15, 0.2) is 5.78 Å². The van der Waals surface area contributed by atoms with Crippen molar-refractivity contribution in [3.05, 3.63) is 99.5 Å². The summed E-state index contributed by atoms with van der Waals surface area (Å²) in [7, 11) is 0. The lowest BCUT2D eigenvalue weighted by Gasteiger charge is -2.30. The molecule has 1 saturated heterocycles. The first-order valence-electron chi connectivity index (χ1n) is 13.2. The lowest BCUT2D eigenvalue weighted by molar-refractivity contribution is -0.154. The summed E-state index contributed by atoms with van der Waals surface area (Å²) >= 11 is 12.2. The van der Waals surface area contributed by atoms with Crippen molar-refractivity contribution in [3.8, 4) is 5.75 Å². The van der Waals surface area contributed by atoms with Crippen molar-refractivity contribution in [2.45, 2.75) is 26.2 Å². The molecular weight excluding hydrogens is 567 g/mol. The molecule has 3 aromatic carbocycles. The van der Waals surface area contributed by atoms with Crippen molar-refractivity contribution >= 4 is 52.7 Å². The monoisotopic (exact) mass is 592 g/mol. The van der Waals surface area contributed by atoms with Gasteiger partial charge in [0.2, 0.25) is 0 Å². The predicted octanol–water partition coefficient (Wildman–Crippen LogP) is 5.87. The molecule has 41 heavy (non-hydrogen) atoms. The van der Waals surface area contributed by atoms with Gasteiger partial charge in [-0.25, -0.2) is 9.80 Å². The lowest BCUT2D eigenvalue weighted by atomic mass is 9.76. The van der Waals surface area contributed by atoms with Crippen LogP contribution in [-0.4, -0.2) is 46.0 Å². The summed E-state index contributed by atoms with van der Waals surface area (Å²) in [6, 6.07) is 18.5. The fourth-order valence-corrected chi connectivity index (χ4v) is 5.60. The van der Waals surface area contributed by atoms with Gasteiger partial charge >= 0.3 is 5.97 Å². The maximum atomic E-state index is 13.7. The summed E-state index contributed by atoms with van der Waals surface area (Å²) in [5, 5.41) is 2.09. The molecule has 3 atom stereocenters. The molecule has 0 spiro atoms. The Morgan fingerprint density at radius 2 is 1.49 bits per heavy atom. The second-order valence-corrected chi connectivity index (χ2v) is 11.1. The largest absolute Gasteiger partial charge is 0.423 e. The van der Waals surface area contributed by atoms with Crippen LogP contribution in [0.25, 0.3) is 0 Å². The molecule has 210 valence electrons. The van der Waals surface area contributed by atoms with Crippen molar-refractivity contribution in [2.75, 3.05) is 6.54 Å². The molecule has 3 amide bonds. The Bertz CT molecular complexity index is 1530. The highest BCUT2D eigenvalue weighted by molar-refractivity contribution is 6.42. The molecule has 3 aromatic rings. The summed E-state index contributed by atoms with van der Waals surface area (Å²) in [6.07, 6.45) is 1.88. The molecular formula is C31H26Cl2N2O6. The molecule has 2 fully saturated rings. The highest BCUT2D eigenvalue weighted by Crippen LogP contribution is 2.41. The number of hydrogen-bond donors (Lipinski definition) is 0. The number of hydrazine groups is 1. The Morgan fingerprint density at radius 1 is 0.829 bits per heavy atom. The number of benzene rings is 3. The minimum Gasteiger partial charge on any atom is -0.423 e. The van der Waals surface area contributed by atoms with E-state index in [9.17, 15) is 24.0 Å². The number of ketones is 1. The summed E-state index contributed by atoms with van der Waals surface area (Å²) in [5.74, 6) is -3.37. The van der Waals surface area contributed by atoms with E-state index in [4.69, 9.17) is 27.9 Å². The van der Waals surface area contributed by atoms with Crippen molar-refractivity contribution in [2.24, 2.45) is 17.8 Å². The number of carbonyl (C=O) groups excluding carboxylic acids is 5. The Morgan fingerprint density at radius 3 is 2.17 bits per heavy atom. The van der Waals surface area contributed by atoms with Crippen LogP contribution < -0.4 is 4.74 Å². The zero-order valence-corrected chi connectivity index (χ0v) is 23.6. The first kappa shape index (κ1) is 28.5. The number of hydrogen-bond acceptors (Lipinski definition) is 6. The zero-order valence-electron chi connectivity index (χ0n) is 22.1. The van der Waals surface area contributed by atoms with Crippen LogP contribution >= 0.6 is 23.2 Å². The van der Waals surface area contributed by atoms with E-state index in [-0.39, 0.29) is 32.8 Å². The fraction of sp³-hybridized carbons (Fsp3) is 0.258. The van der Waals surface area contributed by atoms with Crippen molar-refractivity contribution in [1.29, 1.82) is 0 Å². The van der Waals surface area contributed by atoms with E-state index in [0.29, 0.717) is 18.4 Å². The lowest BCUT2D eigenvalue weighted by Crippen LogP contribution is -2.52. The molecule has 0 bridgehead atoms. The van der Waals surface area contributed by atoms with Gasteiger partial charge in [-0.05, 0) is 79.8 Å². The highest BCUT2D eigenvalue weighted by Gasteiger charge is 2.52. The van der Waals surface area contributed by atoms with Crippen LogP contribution in [0.3, 0.4) is 0 Å². The number of imide groups is 1. The van der Waals surface area contributed by atoms with Gasteiger partial charge in [0.1, 0.15) is 12.3 Å². The van der Waals surface area contributed by atoms with Crippen LogP contribution in [0.4, 0.5) is 0 Å². The summed E-state index contributed by atoms with van der Waals surface area (Å²) in [4.78, 5) is 66.4. The van der Waals surface area contributed by atoms with Crippen LogP contribution in [0.1, 0.15) is 57.3 Å². The number of ether oxygens (including phenoxy) is 1. The van der Waals surface area contributed by atoms with Gasteiger partial charge in [0.25, 0.3) is 17.7 Å². The quantitative estimate of drug-likeness (QED) is 0.147. The summed E-state index contributed by atoms with van der Waals surface area (Å²) in [6.45, 7) is 1.45. The molecule has 10 heteroatoms. The Hall–Kier alpha value is -4.01. The molecule has 1 saturated carbocycles. The number of Topliss-reactive ketones (excluding diaryl/α,β-unsaturated/α-hetero) is 1. The van der Waals surface area contributed by atoms with E-state index in [0.717, 1.165) is 16.4 Å². The van der Waals surface area contributed by atoms with Crippen LogP contribution in [0.15, 0.2) is 72.8 Å². The van der Waals surface area contributed by atoms with E-state index in [2.05, 4.69) is 0 Å². The molecule has 1 heterocycles. The van der Waals surface area contributed by atoms with E-state index in [1.165, 1.54) is 42.5 Å². The first-order chi connectivity index (χ1) is 19.6. The molecule has 0 radical (unpaired) electrons. The van der Waals surface area contributed by atoms with Gasteiger partial charge in [0.05, 0.1) is 27.4 Å². The highest BCUT2D eigenvalue weighted by atomic mass is 35.5. The first-order valence-corrected chi connectivity index (χ1v) is 13.9. The van der Waals surface area contributed by atoms with Crippen LogP contribution in [0.5, 0.6) is 5.75 Å². The number of carbonyl (C=O) groups is 5. The number of halogens is 2. The molecule has 0 unspecified atom stereocenters. The SMILES string of the molecule is C[C@@H]1CC[C@H]2C(=O)N(N(CC(=O)c3ccc(OC(=O)c4ccccc4)cc3)C(=O)c3ccc(Cl)c(Cl)c3)C(=O)[C@@H]2C1. The van der Waals surface area contributed by atoms with Crippen molar-refractivity contribution in [1.82, 2.24) is 10.0 Å². The molecule has 0 N–H and O–H groups in total. The molecule has 5 rings (SSSR count). The van der Waals surface area contributed by atoms with Crippen LogP contribution in [-0.2, 0) is 9.59 Å². The van der Waals surface area contributed by atoms with Gasteiger partial charge in [-0.3, -0.25) is 19.2 Å². The average molecular weight is 593 g/mol. The standard InChI is InChI=1S/C31H26Cl2N2O6/c1-18-7-13-23-24(15-18)30(39)35(29(23)38)34(28(37)21-10-14-25(32)26(33)16-21)17-27(36)19-8-11-22(12-9-19)41-31(40)20-5-3-2-4-6-20/h2-6,8-12,14,16,18,23-24H,7,13,15,17H2,1H3/t18-,23-,24-/m1/s1. The minimum absolute atomic E-state index is 0.0687. The summed E-state index contributed by atoms with van der Waals surface area (Å²) < 4.78 is 5.37. The maximum Gasteiger partial charge on any atom is 0.343 e. The third-order valence-corrected chi connectivity index (χ3v) is 8.24. The number of nitrogens with zero attached hydrogens (tertiary/aromatic N) is 2. The topological polar surface area (TPSA) is 101 Å². The zero-order chi connectivity index (χ0) is 29.3. The number of rotatable bonds is 7.